The van der Waals surface area contributed by atoms with Crippen LogP contribution in [0.1, 0.15) is 10.4 Å². The third-order valence-electron chi connectivity index (χ3n) is 5.36. The number of carbonyl (C=O) groups is 1. The molecule has 0 amide bonds. The summed E-state index contributed by atoms with van der Waals surface area (Å²) in [6, 6.07) is 16.3. The summed E-state index contributed by atoms with van der Waals surface area (Å²) < 4.78 is 12.6. The predicted molar refractivity (Wildman–Crippen MR) is 124 cm³/mol. The molecule has 0 spiro atoms. The highest BCUT2D eigenvalue weighted by molar-refractivity contribution is 5.97. The van der Waals surface area contributed by atoms with Crippen LogP contribution in [0.5, 0.6) is 11.5 Å². The Bertz CT molecular complexity index is 1550. The molecule has 0 aliphatic heterocycles. The van der Waals surface area contributed by atoms with Gasteiger partial charge in [-0.05, 0) is 24.3 Å². The van der Waals surface area contributed by atoms with Crippen molar-refractivity contribution in [3.63, 3.8) is 0 Å². The van der Waals surface area contributed by atoms with Crippen LogP contribution in [-0.2, 0) is 6.54 Å². The summed E-state index contributed by atoms with van der Waals surface area (Å²) in [4.78, 5) is 50.2. The van der Waals surface area contributed by atoms with Gasteiger partial charge >= 0.3 is 5.69 Å². The second-order valence-corrected chi connectivity index (χ2v) is 7.30. The van der Waals surface area contributed by atoms with E-state index in [0.717, 1.165) is 10.6 Å². The van der Waals surface area contributed by atoms with E-state index in [0.29, 0.717) is 11.5 Å². The van der Waals surface area contributed by atoms with E-state index in [4.69, 9.17) is 9.47 Å². The van der Waals surface area contributed by atoms with Gasteiger partial charge in [0.05, 0.1) is 42.3 Å². The minimum Gasteiger partial charge on any atom is -0.493 e. The monoisotopic (exact) mass is 461 g/mol. The number of benzene rings is 3. The molecule has 0 radical (unpaired) electrons. The zero-order valence-electron chi connectivity index (χ0n) is 18.3. The van der Waals surface area contributed by atoms with Crippen LogP contribution in [0.4, 0.5) is 5.69 Å². The third-order valence-corrected chi connectivity index (χ3v) is 5.36. The van der Waals surface area contributed by atoms with Crippen molar-refractivity contribution in [1.82, 2.24) is 9.13 Å². The van der Waals surface area contributed by atoms with Gasteiger partial charge in [0, 0.05) is 23.8 Å². The Labute approximate surface area is 192 Å². The highest BCUT2D eigenvalue weighted by Crippen LogP contribution is 2.28. The Balaban J connectivity index is 1.91. The number of carbonyl (C=O) groups excluding carboxylic acids is 1. The van der Waals surface area contributed by atoms with Crippen molar-refractivity contribution in [1.29, 1.82) is 0 Å². The lowest BCUT2D eigenvalue weighted by atomic mass is 10.1. The van der Waals surface area contributed by atoms with Crippen LogP contribution in [0.2, 0.25) is 0 Å². The number of ketones is 1. The molecule has 4 rings (SSSR count). The van der Waals surface area contributed by atoms with Gasteiger partial charge in [0.1, 0.15) is 0 Å². The van der Waals surface area contributed by atoms with Gasteiger partial charge in [0.2, 0.25) is 0 Å². The minimum absolute atomic E-state index is 0.0778. The number of non-ortho nitro benzene ring substituents is 1. The van der Waals surface area contributed by atoms with E-state index in [1.54, 1.807) is 30.3 Å². The largest absolute Gasteiger partial charge is 0.493 e. The Morgan fingerprint density at radius 1 is 0.941 bits per heavy atom. The maximum absolute atomic E-state index is 13.5. The summed E-state index contributed by atoms with van der Waals surface area (Å²) >= 11 is 0. The number of hydrogen-bond donors (Lipinski definition) is 0. The molecule has 0 atom stereocenters. The van der Waals surface area contributed by atoms with E-state index in [2.05, 4.69) is 0 Å². The average Bonchev–Trinajstić information content (AvgIpc) is 2.86. The molecule has 0 saturated heterocycles. The van der Waals surface area contributed by atoms with Crippen LogP contribution in [0.25, 0.3) is 16.6 Å². The summed E-state index contributed by atoms with van der Waals surface area (Å²) in [5.41, 5.74) is -0.961. The number of nitrogens with zero attached hydrogens (tertiary/aromatic N) is 3. The number of Topliss-reactive ketones (excluding diaryl/α,β-unsaturated/α-hetero) is 1. The molecule has 3 aromatic carbocycles. The van der Waals surface area contributed by atoms with E-state index in [1.807, 2.05) is 0 Å². The number of hydrogen-bond acceptors (Lipinski definition) is 7. The molecule has 1 aromatic heterocycles. The zero-order valence-corrected chi connectivity index (χ0v) is 18.3. The number of fused-ring (bicyclic) bond motifs is 1. The average molecular weight is 461 g/mol. The summed E-state index contributed by atoms with van der Waals surface area (Å²) in [6.07, 6.45) is 0. The van der Waals surface area contributed by atoms with Crippen molar-refractivity contribution in [3.8, 4) is 17.2 Å². The van der Waals surface area contributed by atoms with Crippen molar-refractivity contribution in [2.75, 3.05) is 14.2 Å². The molecule has 1 heterocycles. The highest BCUT2D eigenvalue weighted by Gasteiger charge is 2.19. The zero-order chi connectivity index (χ0) is 24.4. The first-order valence-corrected chi connectivity index (χ1v) is 10.1. The molecule has 34 heavy (non-hydrogen) atoms. The van der Waals surface area contributed by atoms with E-state index >= 15 is 0 Å². The van der Waals surface area contributed by atoms with Gasteiger partial charge < -0.3 is 9.47 Å². The Hall–Kier alpha value is -4.73. The number of nitro groups is 1. The predicted octanol–water partition coefficient (Wildman–Crippen LogP) is 2.96. The third kappa shape index (κ3) is 3.92. The molecule has 0 aliphatic carbocycles. The Kier molecular flexibility index (Phi) is 5.96. The van der Waals surface area contributed by atoms with Gasteiger partial charge in [-0.25, -0.2) is 9.36 Å². The van der Waals surface area contributed by atoms with Gasteiger partial charge in [0.25, 0.3) is 11.2 Å². The summed E-state index contributed by atoms with van der Waals surface area (Å²) in [6.45, 7) is -0.423. The van der Waals surface area contributed by atoms with Crippen LogP contribution in [0, 0.1) is 10.1 Å². The molecule has 10 heteroatoms. The lowest BCUT2D eigenvalue weighted by Crippen LogP contribution is -2.40. The number of ether oxygens (including phenoxy) is 2. The first-order chi connectivity index (χ1) is 16.3. The Morgan fingerprint density at radius 2 is 1.68 bits per heavy atom. The molecule has 0 fully saturated rings. The number of methoxy groups -OCH3 is 2. The topological polar surface area (TPSA) is 123 Å². The second kappa shape index (κ2) is 9.02. The molecule has 0 bridgehead atoms. The van der Waals surface area contributed by atoms with Crippen LogP contribution in [0.15, 0.2) is 76.3 Å². The Morgan fingerprint density at radius 3 is 2.38 bits per heavy atom. The van der Waals surface area contributed by atoms with E-state index in [1.165, 1.54) is 49.1 Å². The lowest BCUT2D eigenvalue weighted by Gasteiger charge is -2.15. The fourth-order valence-corrected chi connectivity index (χ4v) is 3.69. The quantitative estimate of drug-likeness (QED) is 0.236. The van der Waals surface area contributed by atoms with Crippen molar-refractivity contribution in [2.45, 2.75) is 6.54 Å². The molecular weight excluding hydrogens is 442 g/mol. The maximum atomic E-state index is 13.5. The van der Waals surface area contributed by atoms with Gasteiger partial charge in [-0.2, -0.15) is 0 Å². The molecule has 0 N–H and O–H groups in total. The van der Waals surface area contributed by atoms with E-state index in [-0.39, 0.29) is 27.8 Å². The first kappa shape index (κ1) is 22.5. The van der Waals surface area contributed by atoms with Gasteiger partial charge in [-0.3, -0.25) is 24.3 Å². The standard InChI is InChI=1S/C24H19N3O7/c1-33-21-11-10-16(13-22(21)34-2)26-23(29)18-8-3-4-9-19(18)25(24(26)30)14-20(28)15-6-5-7-17(12-15)27(31)32/h3-13H,14H2,1-2H3. The first-order valence-electron chi connectivity index (χ1n) is 10.1. The van der Waals surface area contributed by atoms with E-state index in [9.17, 15) is 24.5 Å². The summed E-state index contributed by atoms with van der Waals surface area (Å²) in [5.74, 6) is 0.216. The molecule has 172 valence electrons. The highest BCUT2D eigenvalue weighted by atomic mass is 16.6. The second-order valence-electron chi connectivity index (χ2n) is 7.30. The maximum Gasteiger partial charge on any atom is 0.336 e. The molecule has 0 unspecified atom stereocenters. The number of rotatable bonds is 7. The minimum atomic E-state index is -0.741. The molecule has 4 aromatic rings. The van der Waals surface area contributed by atoms with Crippen LogP contribution in [0.3, 0.4) is 0 Å². The van der Waals surface area contributed by atoms with Crippen LogP contribution < -0.4 is 20.7 Å². The SMILES string of the molecule is COc1ccc(-n2c(=O)c3ccccc3n(CC(=O)c3cccc([N+](=O)[O-])c3)c2=O)cc1OC. The smallest absolute Gasteiger partial charge is 0.336 e. The van der Waals surface area contributed by atoms with E-state index < -0.39 is 28.5 Å². The molecule has 10 nitrogen and oxygen atoms in total. The van der Waals surface area contributed by atoms with Crippen molar-refractivity contribution in [3.05, 3.63) is 103 Å². The fourth-order valence-electron chi connectivity index (χ4n) is 3.69. The number of nitro benzene ring substituents is 1. The van der Waals surface area contributed by atoms with Crippen LogP contribution >= 0.6 is 0 Å². The van der Waals surface area contributed by atoms with Crippen molar-refractivity contribution < 1.29 is 19.2 Å². The molecular formula is C24H19N3O7. The number of aromatic nitrogens is 2. The fraction of sp³-hybridized carbons (Fsp3) is 0.125. The molecule has 0 saturated carbocycles. The van der Waals surface area contributed by atoms with Gasteiger partial charge in [0.15, 0.2) is 17.3 Å². The summed E-state index contributed by atoms with van der Waals surface area (Å²) in [5, 5.41) is 11.3. The summed E-state index contributed by atoms with van der Waals surface area (Å²) in [7, 11) is 2.90. The lowest BCUT2D eigenvalue weighted by molar-refractivity contribution is -0.384. The van der Waals surface area contributed by atoms with Crippen molar-refractivity contribution in [2.24, 2.45) is 0 Å². The van der Waals surface area contributed by atoms with Crippen LogP contribution in [-0.4, -0.2) is 34.1 Å². The van der Waals surface area contributed by atoms with Crippen molar-refractivity contribution >= 4 is 22.4 Å². The van der Waals surface area contributed by atoms with Gasteiger partial charge in [-0.15, -0.1) is 0 Å². The number of para-hydroxylation sites is 1. The van der Waals surface area contributed by atoms with Gasteiger partial charge in [-0.1, -0.05) is 24.3 Å². The normalized spacial score (nSPS) is 10.8. The molecule has 0 aliphatic rings.